The number of halogens is 1. The highest BCUT2D eigenvalue weighted by atomic mass is 19.1. The molecule has 0 radical (unpaired) electrons. The molecule has 8 heteroatoms. The van der Waals surface area contributed by atoms with Crippen molar-refractivity contribution in [2.24, 2.45) is 5.92 Å². The number of pyridine rings is 1. The number of anilines is 1. The Bertz CT molecular complexity index is 1140. The van der Waals surface area contributed by atoms with Gasteiger partial charge in [0.1, 0.15) is 11.6 Å². The third-order valence-corrected chi connectivity index (χ3v) is 5.90. The van der Waals surface area contributed by atoms with E-state index in [1.165, 1.54) is 12.1 Å². The average Bonchev–Trinajstić information content (AvgIpc) is 3.26. The zero-order valence-corrected chi connectivity index (χ0v) is 19.1. The Morgan fingerprint density at radius 3 is 2.55 bits per heavy atom. The monoisotopic (exact) mass is 449 g/mol. The van der Waals surface area contributed by atoms with Crippen LogP contribution >= 0.6 is 0 Å². The molecule has 172 valence electrons. The van der Waals surface area contributed by atoms with E-state index in [4.69, 9.17) is 0 Å². The first-order chi connectivity index (χ1) is 15.8. The van der Waals surface area contributed by atoms with Crippen molar-refractivity contribution < 1.29 is 14.0 Å². The highest BCUT2D eigenvalue weighted by molar-refractivity contribution is 5.97. The predicted molar refractivity (Wildman–Crippen MR) is 124 cm³/mol. The first-order valence-electron chi connectivity index (χ1n) is 11.2. The van der Waals surface area contributed by atoms with E-state index in [0.29, 0.717) is 36.6 Å². The number of carbonyl (C=O) groups excluding carboxylic acids is 2. The lowest BCUT2D eigenvalue weighted by atomic mass is 9.96. The van der Waals surface area contributed by atoms with Gasteiger partial charge in [-0.1, -0.05) is 19.9 Å². The van der Waals surface area contributed by atoms with E-state index in [9.17, 15) is 14.0 Å². The van der Waals surface area contributed by atoms with E-state index >= 15 is 0 Å². The zero-order valence-electron chi connectivity index (χ0n) is 19.1. The number of benzene rings is 1. The average molecular weight is 450 g/mol. The quantitative estimate of drug-likeness (QED) is 0.629. The summed E-state index contributed by atoms with van der Waals surface area (Å²) in [4.78, 5) is 32.2. The maximum atomic E-state index is 13.5. The van der Waals surface area contributed by atoms with Crippen molar-refractivity contribution in [1.82, 2.24) is 19.7 Å². The van der Waals surface area contributed by atoms with Crippen LogP contribution in [0, 0.1) is 18.7 Å². The largest absolute Gasteiger partial charge is 0.338 e. The van der Waals surface area contributed by atoms with Gasteiger partial charge in [0.25, 0.3) is 5.91 Å². The number of carbonyl (C=O) groups is 2. The summed E-state index contributed by atoms with van der Waals surface area (Å²) in [5, 5.41) is 7.29. The molecule has 1 unspecified atom stereocenters. The van der Waals surface area contributed by atoms with E-state index in [1.807, 2.05) is 26.8 Å². The second kappa shape index (κ2) is 9.52. The normalized spacial score (nSPS) is 16.2. The molecule has 0 saturated carbocycles. The lowest BCUT2D eigenvalue weighted by molar-refractivity contribution is -0.121. The Morgan fingerprint density at radius 1 is 1.12 bits per heavy atom. The fourth-order valence-electron chi connectivity index (χ4n) is 4.18. The molecule has 1 saturated heterocycles. The number of hydrogen-bond acceptors (Lipinski definition) is 4. The number of aryl methyl sites for hydroxylation is 1. The Hall–Kier alpha value is -3.55. The number of hydrogen-bond donors (Lipinski definition) is 1. The number of aromatic nitrogens is 3. The molecule has 0 bridgehead atoms. The lowest BCUT2D eigenvalue weighted by Gasteiger charge is -2.32. The predicted octanol–water partition coefficient (Wildman–Crippen LogP) is 4.33. The third kappa shape index (κ3) is 4.94. The molecule has 7 nitrogen and oxygen atoms in total. The molecule has 33 heavy (non-hydrogen) atoms. The van der Waals surface area contributed by atoms with Crippen LogP contribution in [0.25, 0.3) is 5.69 Å². The van der Waals surface area contributed by atoms with Gasteiger partial charge in [-0.2, -0.15) is 5.10 Å². The molecule has 0 aliphatic carbocycles. The Morgan fingerprint density at radius 2 is 1.88 bits per heavy atom. The first kappa shape index (κ1) is 22.6. The Labute approximate surface area is 192 Å². The minimum Gasteiger partial charge on any atom is -0.338 e. The molecule has 2 amide bonds. The van der Waals surface area contributed by atoms with Crippen LogP contribution in [0.2, 0.25) is 0 Å². The molecule has 1 N–H and O–H groups in total. The maximum absolute atomic E-state index is 13.5. The van der Waals surface area contributed by atoms with E-state index < -0.39 is 0 Å². The van der Waals surface area contributed by atoms with Crippen LogP contribution in [0.1, 0.15) is 54.2 Å². The molecule has 3 aromatic rings. The highest BCUT2D eigenvalue weighted by Gasteiger charge is 2.31. The van der Waals surface area contributed by atoms with Crippen LogP contribution in [-0.2, 0) is 4.79 Å². The number of amides is 2. The van der Waals surface area contributed by atoms with Crippen molar-refractivity contribution in [3.63, 3.8) is 0 Å². The molecule has 4 rings (SSSR count). The highest BCUT2D eigenvalue weighted by Crippen LogP contribution is 2.27. The molecular weight excluding hydrogens is 421 g/mol. The second-order valence-corrected chi connectivity index (χ2v) is 8.79. The van der Waals surface area contributed by atoms with E-state index in [1.54, 1.807) is 40.2 Å². The van der Waals surface area contributed by atoms with Crippen molar-refractivity contribution in [2.75, 3.05) is 18.4 Å². The van der Waals surface area contributed by atoms with E-state index in [-0.39, 0.29) is 29.5 Å². The molecule has 1 fully saturated rings. The fourth-order valence-corrected chi connectivity index (χ4v) is 4.18. The number of nitrogens with zero attached hydrogens (tertiary/aromatic N) is 4. The molecule has 2 aromatic heterocycles. The van der Waals surface area contributed by atoms with Crippen molar-refractivity contribution in [2.45, 2.75) is 39.5 Å². The summed E-state index contributed by atoms with van der Waals surface area (Å²) in [5.41, 5.74) is 2.99. The van der Waals surface area contributed by atoms with Gasteiger partial charge in [0.05, 0.1) is 29.1 Å². The van der Waals surface area contributed by atoms with Gasteiger partial charge in [-0.25, -0.2) is 14.1 Å². The van der Waals surface area contributed by atoms with Crippen LogP contribution in [-0.4, -0.2) is 44.6 Å². The summed E-state index contributed by atoms with van der Waals surface area (Å²) in [6.07, 6.45) is 4.74. The minimum atomic E-state index is -0.327. The minimum absolute atomic E-state index is 0.0213. The van der Waals surface area contributed by atoms with E-state index in [0.717, 1.165) is 17.7 Å². The fraction of sp³-hybridized carbons (Fsp3) is 0.360. The summed E-state index contributed by atoms with van der Waals surface area (Å²) in [7, 11) is 0. The standard InChI is InChI=1S/C25H28FN5O2/c1-16(2)23-21(14-28-31(23)20-9-7-19(26)8-10-20)25(33)30-12-4-5-18(15-30)24(32)29-22-11-6-17(3)13-27-22/h6-11,13-14,16,18H,4-5,12,15H2,1-3H3,(H,27,29,32). The van der Waals surface area contributed by atoms with Gasteiger partial charge in [0.2, 0.25) is 5.91 Å². The van der Waals surface area contributed by atoms with Crippen LogP contribution in [0.3, 0.4) is 0 Å². The molecule has 3 heterocycles. The summed E-state index contributed by atoms with van der Waals surface area (Å²) in [5.74, 6) is -0.370. The molecular formula is C25H28FN5O2. The van der Waals surface area contributed by atoms with Gasteiger partial charge in [-0.05, 0) is 61.6 Å². The van der Waals surface area contributed by atoms with Gasteiger partial charge in [0.15, 0.2) is 0 Å². The summed E-state index contributed by atoms with van der Waals surface area (Å²) in [6.45, 7) is 6.86. The van der Waals surface area contributed by atoms with Crippen molar-refractivity contribution >= 4 is 17.6 Å². The SMILES string of the molecule is Cc1ccc(NC(=O)C2CCCN(C(=O)c3cnn(-c4ccc(F)cc4)c3C(C)C)C2)nc1. The smallest absolute Gasteiger partial charge is 0.257 e. The zero-order chi connectivity index (χ0) is 23.5. The van der Waals surface area contributed by atoms with Gasteiger partial charge in [0, 0.05) is 19.3 Å². The number of likely N-dealkylation sites (tertiary alicyclic amines) is 1. The Balaban J connectivity index is 1.52. The summed E-state index contributed by atoms with van der Waals surface area (Å²) in [6, 6.07) is 9.70. The topological polar surface area (TPSA) is 80.1 Å². The summed E-state index contributed by atoms with van der Waals surface area (Å²) < 4.78 is 15.1. The van der Waals surface area contributed by atoms with Crippen molar-refractivity contribution in [3.8, 4) is 5.69 Å². The molecule has 0 spiro atoms. The van der Waals surface area contributed by atoms with Crippen molar-refractivity contribution in [1.29, 1.82) is 0 Å². The van der Waals surface area contributed by atoms with Crippen LogP contribution < -0.4 is 5.32 Å². The van der Waals surface area contributed by atoms with E-state index in [2.05, 4.69) is 15.4 Å². The second-order valence-electron chi connectivity index (χ2n) is 8.79. The van der Waals surface area contributed by atoms with Gasteiger partial charge < -0.3 is 10.2 Å². The van der Waals surface area contributed by atoms with Gasteiger partial charge in [-0.15, -0.1) is 0 Å². The molecule has 1 aromatic carbocycles. The maximum Gasteiger partial charge on any atom is 0.257 e. The molecule has 1 atom stereocenters. The third-order valence-electron chi connectivity index (χ3n) is 5.90. The number of piperidine rings is 1. The Kier molecular flexibility index (Phi) is 6.53. The summed E-state index contributed by atoms with van der Waals surface area (Å²) >= 11 is 0. The van der Waals surface area contributed by atoms with Crippen molar-refractivity contribution in [3.05, 3.63) is 71.4 Å². The number of nitrogens with one attached hydrogen (secondary N) is 1. The van der Waals surface area contributed by atoms with Crippen LogP contribution in [0.5, 0.6) is 0 Å². The van der Waals surface area contributed by atoms with Gasteiger partial charge >= 0.3 is 0 Å². The first-order valence-corrected chi connectivity index (χ1v) is 11.2. The van der Waals surface area contributed by atoms with Gasteiger partial charge in [-0.3, -0.25) is 9.59 Å². The number of rotatable bonds is 5. The van der Waals surface area contributed by atoms with Crippen LogP contribution in [0.15, 0.2) is 48.8 Å². The molecule has 1 aliphatic heterocycles. The molecule has 1 aliphatic rings. The van der Waals surface area contributed by atoms with Crippen LogP contribution in [0.4, 0.5) is 10.2 Å². The lowest BCUT2D eigenvalue weighted by Crippen LogP contribution is -2.44.